The third kappa shape index (κ3) is 3.43. The van der Waals surface area contributed by atoms with E-state index in [2.05, 4.69) is 21.3 Å². The van der Waals surface area contributed by atoms with Gasteiger partial charge in [0.2, 0.25) is 0 Å². The van der Waals surface area contributed by atoms with Gasteiger partial charge in [-0.1, -0.05) is 12.5 Å². The van der Waals surface area contributed by atoms with Crippen molar-refractivity contribution in [3.05, 3.63) is 23.9 Å². The first-order valence-electron chi connectivity index (χ1n) is 6.82. The van der Waals surface area contributed by atoms with E-state index in [9.17, 15) is 0 Å². The van der Waals surface area contributed by atoms with Crippen molar-refractivity contribution in [1.29, 1.82) is 0 Å². The van der Waals surface area contributed by atoms with Crippen LogP contribution in [0.4, 0.5) is 5.82 Å². The minimum absolute atomic E-state index is 0.271. The fraction of sp³-hybridized carbons (Fsp3) is 0.643. The van der Waals surface area contributed by atoms with Crippen molar-refractivity contribution in [2.24, 2.45) is 0 Å². The first-order valence-corrected chi connectivity index (χ1v) is 6.82. The van der Waals surface area contributed by atoms with Gasteiger partial charge in [-0.3, -0.25) is 4.90 Å². The molecule has 4 heteroatoms. The highest BCUT2D eigenvalue weighted by molar-refractivity contribution is 5.34. The molecule has 0 amide bonds. The van der Waals surface area contributed by atoms with Gasteiger partial charge >= 0.3 is 0 Å². The Kier molecular flexibility index (Phi) is 4.96. The van der Waals surface area contributed by atoms with Gasteiger partial charge in [0.05, 0.1) is 5.69 Å². The number of nitrogens with zero attached hydrogens (tertiary/aromatic N) is 2. The second-order valence-electron chi connectivity index (χ2n) is 4.90. The number of anilines is 1. The second kappa shape index (κ2) is 6.71. The zero-order chi connectivity index (χ0) is 12.8. The maximum atomic E-state index is 8.98. The summed E-state index contributed by atoms with van der Waals surface area (Å²) < 4.78 is 0. The van der Waals surface area contributed by atoms with Crippen LogP contribution in [-0.2, 0) is 6.54 Å². The standard InChI is InChI=1S/C14H23N3O/c1-15-14-8-2-5-12(16-14)11-17(9-4-10-18)13-6-3-7-13/h2,5,8,13,18H,3-4,6-7,9-11H2,1H3,(H,15,16). The summed E-state index contributed by atoms with van der Waals surface area (Å²) >= 11 is 0. The van der Waals surface area contributed by atoms with Gasteiger partial charge in [0.1, 0.15) is 5.82 Å². The number of aliphatic hydroxyl groups is 1. The summed E-state index contributed by atoms with van der Waals surface area (Å²) in [6.45, 7) is 2.13. The predicted molar refractivity (Wildman–Crippen MR) is 73.5 cm³/mol. The molecule has 100 valence electrons. The Labute approximate surface area is 109 Å². The molecule has 0 unspecified atom stereocenters. The lowest BCUT2D eigenvalue weighted by Gasteiger charge is -2.37. The van der Waals surface area contributed by atoms with Crippen LogP contribution in [0.1, 0.15) is 31.4 Å². The van der Waals surface area contributed by atoms with Gasteiger partial charge in [-0.2, -0.15) is 0 Å². The summed E-state index contributed by atoms with van der Waals surface area (Å²) in [7, 11) is 1.89. The van der Waals surface area contributed by atoms with Crippen molar-refractivity contribution in [2.75, 3.05) is 25.5 Å². The number of rotatable bonds is 7. The van der Waals surface area contributed by atoms with Gasteiger partial charge in [-0.15, -0.1) is 0 Å². The molecule has 2 N–H and O–H groups in total. The van der Waals surface area contributed by atoms with Gasteiger partial charge in [0.15, 0.2) is 0 Å². The number of nitrogens with one attached hydrogen (secondary N) is 1. The van der Waals surface area contributed by atoms with Crippen molar-refractivity contribution in [3.63, 3.8) is 0 Å². The normalized spacial score (nSPS) is 15.7. The molecule has 1 fully saturated rings. The molecule has 0 atom stereocenters. The Hall–Kier alpha value is -1.13. The molecule has 0 spiro atoms. The molecule has 1 aliphatic carbocycles. The van der Waals surface area contributed by atoms with E-state index in [1.165, 1.54) is 19.3 Å². The molecule has 0 saturated heterocycles. The minimum atomic E-state index is 0.271. The van der Waals surface area contributed by atoms with Crippen LogP contribution in [0.2, 0.25) is 0 Å². The predicted octanol–water partition coefficient (Wildman–Crippen LogP) is 1.86. The second-order valence-corrected chi connectivity index (χ2v) is 4.90. The first kappa shape index (κ1) is 13.3. The molecule has 4 nitrogen and oxygen atoms in total. The lowest BCUT2D eigenvalue weighted by atomic mass is 9.91. The Morgan fingerprint density at radius 3 is 2.89 bits per heavy atom. The topological polar surface area (TPSA) is 48.4 Å². The molecule has 0 aliphatic heterocycles. The fourth-order valence-electron chi connectivity index (χ4n) is 2.33. The van der Waals surface area contributed by atoms with E-state index in [1.807, 2.05) is 19.2 Å². The van der Waals surface area contributed by atoms with E-state index in [1.54, 1.807) is 0 Å². The largest absolute Gasteiger partial charge is 0.396 e. The van der Waals surface area contributed by atoms with Crippen molar-refractivity contribution >= 4 is 5.82 Å². The molecule has 1 aromatic rings. The number of pyridine rings is 1. The van der Waals surface area contributed by atoms with Gasteiger partial charge in [0.25, 0.3) is 0 Å². The number of aromatic nitrogens is 1. The molecule has 2 rings (SSSR count). The zero-order valence-electron chi connectivity index (χ0n) is 11.1. The average Bonchev–Trinajstić information content (AvgIpc) is 2.34. The van der Waals surface area contributed by atoms with Crippen LogP contribution in [0.25, 0.3) is 0 Å². The summed E-state index contributed by atoms with van der Waals surface area (Å²) in [5, 5.41) is 12.1. The van der Waals surface area contributed by atoms with E-state index >= 15 is 0 Å². The lowest BCUT2D eigenvalue weighted by Crippen LogP contribution is -2.40. The van der Waals surface area contributed by atoms with Crippen molar-refractivity contribution in [2.45, 2.75) is 38.3 Å². The summed E-state index contributed by atoms with van der Waals surface area (Å²) in [4.78, 5) is 7.02. The Bertz CT molecular complexity index is 366. The smallest absolute Gasteiger partial charge is 0.126 e. The highest BCUT2D eigenvalue weighted by Crippen LogP contribution is 2.26. The summed E-state index contributed by atoms with van der Waals surface area (Å²) in [5.74, 6) is 0.920. The molecule has 1 aromatic heterocycles. The van der Waals surface area contributed by atoms with Crippen LogP contribution in [0.3, 0.4) is 0 Å². The molecule has 0 radical (unpaired) electrons. The quantitative estimate of drug-likeness (QED) is 0.774. The van der Waals surface area contributed by atoms with E-state index in [4.69, 9.17) is 5.11 Å². The van der Waals surface area contributed by atoms with Gasteiger partial charge in [0, 0.05) is 32.8 Å². The van der Waals surface area contributed by atoms with Gasteiger partial charge in [-0.25, -0.2) is 4.98 Å². The monoisotopic (exact) mass is 249 g/mol. The van der Waals surface area contributed by atoms with Crippen LogP contribution in [0.15, 0.2) is 18.2 Å². The van der Waals surface area contributed by atoms with Crippen LogP contribution >= 0.6 is 0 Å². The van der Waals surface area contributed by atoms with Crippen molar-refractivity contribution in [3.8, 4) is 0 Å². The highest BCUT2D eigenvalue weighted by Gasteiger charge is 2.24. The van der Waals surface area contributed by atoms with E-state index in [0.717, 1.165) is 31.0 Å². The maximum absolute atomic E-state index is 8.98. The third-order valence-corrected chi connectivity index (χ3v) is 3.62. The highest BCUT2D eigenvalue weighted by atomic mass is 16.3. The summed E-state index contributed by atoms with van der Waals surface area (Å²) in [6, 6.07) is 6.78. The Morgan fingerprint density at radius 2 is 2.28 bits per heavy atom. The van der Waals surface area contributed by atoms with Crippen LogP contribution in [0, 0.1) is 0 Å². The summed E-state index contributed by atoms with van der Waals surface area (Å²) in [6.07, 6.45) is 4.76. The average molecular weight is 249 g/mol. The van der Waals surface area contributed by atoms with Gasteiger partial charge in [-0.05, 0) is 31.4 Å². The molecule has 1 aliphatic rings. The van der Waals surface area contributed by atoms with Crippen molar-refractivity contribution in [1.82, 2.24) is 9.88 Å². The molecular formula is C14H23N3O. The molecular weight excluding hydrogens is 226 g/mol. The fourth-order valence-corrected chi connectivity index (χ4v) is 2.33. The summed E-state index contributed by atoms with van der Waals surface area (Å²) in [5.41, 5.74) is 1.10. The Balaban J connectivity index is 1.97. The van der Waals surface area contributed by atoms with Crippen molar-refractivity contribution < 1.29 is 5.11 Å². The lowest BCUT2D eigenvalue weighted by molar-refractivity contribution is 0.108. The molecule has 1 saturated carbocycles. The van der Waals surface area contributed by atoms with E-state index < -0.39 is 0 Å². The first-order chi connectivity index (χ1) is 8.83. The zero-order valence-corrected chi connectivity index (χ0v) is 11.1. The number of hydrogen-bond donors (Lipinski definition) is 2. The third-order valence-electron chi connectivity index (χ3n) is 3.62. The molecule has 0 aromatic carbocycles. The van der Waals surface area contributed by atoms with Crippen LogP contribution < -0.4 is 5.32 Å². The van der Waals surface area contributed by atoms with E-state index in [0.29, 0.717) is 6.04 Å². The van der Waals surface area contributed by atoms with E-state index in [-0.39, 0.29) is 6.61 Å². The molecule has 18 heavy (non-hydrogen) atoms. The number of hydrogen-bond acceptors (Lipinski definition) is 4. The minimum Gasteiger partial charge on any atom is -0.396 e. The number of aliphatic hydroxyl groups excluding tert-OH is 1. The van der Waals surface area contributed by atoms with Crippen LogP contribution in [0.5, 0.6) is 0 Å². The van der Waals surface area contributed by atoms with Gasteiger partial charge < -0.3 is 10.4 Å². The Morgan fingerprint density at radius 1 is 1.44 bits per heavy atom. The molecule has 0 bridgehead atoms. The SMILES string of the molecule is CNc1cccc(CN(CCCO)C2CCC2)n1. The van der Waals surface area contributed by atoms with Crippen LogP contribution in [-0.4, -0.2) is 41.2 Å². The molecule has 1 heterocycles. The maximum Gasteiger partial charge on any atom is 0.126 e.